The number of benzene rings is 2. The number of ether oxygens (including phenoxy) is 2. The number of amides is 2. The number of carbonyl (C=O) groups excluding carboxylic acids is 2. The zero-order chi connectivity index (χ0) is 22.8. The van der Waals surface area contributed by atoms with Gasteiger partial charge in [-0.15, -0.1) is 23.5 Å². The van der Waals surface area contributed by atoms with E-state index >= 15 is 0 Å². The van der Waals surface area contributed by atoms with Gasteiger partial charge in [-0.2, -0.15) is 0 Å². The summed E-state index contributed by atoms with van der Waals surface area (Å²) in [5.41, 5.74) is 4.51. The molecule has 2 aromatic rings. The van der Waals surface area contributed by atoms with E-state index in [0.717, 1.165) is 22.3 Å². The Kier molecular flexibility index (Phi) is 10.6. The van der Waals surface area contributed by atoms with Gasteiger partial charge in [0.1, 0.15) is 11.5 Å². The van der Waals surface area contributed by atoms with Gasteiger partial charge >= 0.3 is 12.2 Å². The van der Waals surface area contributed by atoms with Gasteiger partial charge in [-0.1, -0.05) is 0 Å². The van der Waals surface area contributed by atoms with Crippen molar-refractivity contribution in [3.63, 3.8) is 0 Å². The molecule has 164 valence electrons. The summed E-state index contributed by atoms with van der Waals surface area (Å²) in [5, 5.41) is 4.83. The highest BCUT2D eigenvalue weighted by Crippen LogP contribution is 2.29. The largest absolute Gasteiger partial charge is 0.412 e. The maximum atomic E-state index is 11.0. The SMILES string of the molecule is CNC(=O)Oc1cc(C)c(SC)c(C)c1.CNC(=O)Oc1cc(C)c(SC)c(C)c1. The van der Waals surface area contributed by atoms with E-state index in [1.165, 1.54) is 23.9 Å². The Hall–Kier alpha value is -2.32. The highest BCUT2D eigenvalue weighted by Gasteiger charge is 2.08. The average molecular weight is 451 g/mol. The van der Waals surface area contributed by atoms with Crippen LogP contribution in [0.4, 0.5) is 9.59 Å². The van der Waals surface area contributed by atoms with Crippen molar-refractivity contribution in [1.82, 2.24) is 10.6 Å². The van der Waals surface area contributed by atoms with E-state index in [1.54, 1.807) is 23.5 Å². The third-order valence-electron chi connectivity index (χ3n) is 4.11. The minimum absolute atomic E-state index is 0.439. The molecular formula is C22H30N2O4S2. The minimum Gasteiger partial charge on any atom is -0.410 e. The second kappa shape index (κ2) is 12.4. The molecule has 0 heterocycles. The smallest absolute Gasteiger partial charge is 0.410 e. The molecule has 0 aromatic heterocycles. The molecular weight excluding hydrogens is 420 g/mol. The van der Waals surface area contributed by atoms with Crippen molar-refractivity contribution < 1.29 is 19.1 Å². The van der Waals surface area contributed by atoms with Crippen LogP contribution in [-0.2, 0) is 0 Å². The molecule has 0 aliphatic heterocycles. The van der Waals surface area contributed by atoms with Crippen LogP contribution in [0, 0.1) is 27.7 Å². The molecule has 0 unspecified atom stereocenters. The molecule has 0 spiro atoms. The van der Waals surface area contributed by atoms with E-state index in [1.807, 2.05) is 64.5 Å². The predicted octanol–water partition coefficient (Wildman–Crippen LogP) is 5.49. The van der Waals surface area contributed by atoms with Crippen LogP contribution in [0.2, 0.25) is 0 Å². The van der Waals surface area contributed by atoms with Crippen LogP contribution in [0.25, 0.3) is 0 Å². The molecule has 0 bridgehead atoms. The maximum Gasteiger partial charge on any atom is 0.412 e. The number of hydrogen-bond acceptors (Lipinski definition) is 6. The number of carbonyl (C=O) groups is 2. The van der Waals surface area contributed by atoms with Crippen molar-refractivity contribution in [2.45, 2.75) is 37.5 Å². The fourth-order valence-corrected chi connectivity index (χ4v) is 4.42. The van der Waals surface area contributed by atoms with Crippen molar-refractivity contribution in [2.75, 3.05) is 26.6 Å². The zero-order valence-electron chi connectivity index (χ0n) is 18.8. The summed E-state index contributed by atoms with van der Waals surface area (Å²) in [5.74, 6) is 1.17. The Morgan fingerprint density at radius 1 is 0.667 bits per heavy atom. The molecule has 0 aliphatic carbocycles. The summed E-state index contributed by atoms with van der Waals surface area (Å²) in [6, 6.07) is 7.48. The summed E-state index contributed by atoms with van der Waals surface area (Å²) in [6.07, 6.45) is 3.19. The number of rotatable bonds is 4. The molecule has 30 heavy (non-hydrogen) atoms. The van der Waals surface area contributed by atoms with Gasteiger partial charge in [-0.05, 0) is 86.7 Å². The van der Waals surface area contributed by atoms with Crippen LogP contribution in [0.1, 0.15) is 22.3 Å². The Morgan fingerprint density at radius 2 is 0.933 bits per heavy atom. The number of thioether (sulfide) groups is 2. The van der Waals surface area contributed by atoms with Crippen molar-refractivity contribution in [3.8, 4) is 11.5 Å². The van der Waals surface area contributed by atoms with Crippen LogP contribution in [0.5, 0.6) is 11.5 Å². The molecule has 0 saturated heterocycles. The fraction of sp³-hybridized carbons (Fsp3) is 0.364. The lowest BCUT2D eigenvalue weighted by molar-refractivity contribution is 0.202. The maximum absolute atomic E-state index is 11.0. The molecule has 0 atom stereocenters. The lowest BCUT2D eigenvalue weighted by Gasteiger charge is -2.10. The highest BCUT2D eigenvalue weighted by atomic mass is 32.2. The summed E-state index contributed by atoms with van der Waals surface area (Å²) < 4.78 is 10.1. The Balaban J connectivity index is 0.000000300. The summed E-state index contributed by atoms with van der Waals surface area (Å²) in [7, 11) is 3.08. The monoisotopic (exact) mass is 450 g/mol. The van der Waals surface area contributed by atoms with Crippen LogP contribution in [-0.4, -0.2) is 38.8 Å². The first-order valence-electron chi connectivity index (χ1n) is 9.26. The topological polar surface area (TPSA) is 76.7 Å². The Labute approximate surface area is 187 Å². The standard InChI is InChI=1S/2C11H15NO2S/c2*1-7-5-9(14-11(13)12-3)6-8(2)10(7)15-4/h2*5-6H,1-4H3,(H,12,13). The van der Waals surface area contributed by atoms with Crippen LogP contribution < -0.4 is 20.1 Å². The van der Waals surface area contributed by atoms with E-state index in [0.29, 0.717) is 11.5 Å². The lowest BCUT2D eigenvalue weighted by Crippen LogP contribution is -2.22. The molecule has 2 aromatic carbocycles. The fourth-order valence-electron chi connectivity index (χ4n) is 2.90. The van der Waals surface area contributed by atoms with Crippen molar-refractivity contribution in [3.05, 3.63) is 46.5 Å². The van der Waals surface area contributed by atoms with Gasteiger partial charge in [0.25, 0.3) is 0 Å². The number of nitrogens with one attached hydrogen (secondary N) is 2. The molecule has 0 radical (unpaired) electrons. The van der Waals surface area contributed by atoms with E-state index in [9.17, 15) is 9.59 Å². The van der Waals surface area contributed by atoms with Gasteiger partial charge in [-0.25, -0.2) is 9.59 Å². The third kappa shape index (κ3) is 7.50. The number of aryl methyl sites for hydroxylation is 4. The zero-order valence-corrected chi connectivity index (χ0v) is 20.4. The van der Waals surface area contributed by atoms with Crippen LogP contribution in [0.3, 0.4) is 0 Å². The third-order valence-corrected chi connectivity index (χ3v) is 6.21. The van der Waals surface area contributed by atoms with E-state index in [-0.39, 0.29) is 0 Å². The molecule has 2 amide bonds. The number of hydrogen-bond donors (Lipinski definition) is 2. The molecule has 2 rings (SSSR count). The van der Waals surface area contributed by atoms with Crippen molar-refractivity contribution in [1.29, 1.82) is 0 Å². The summed E-state index contributed by atoms with van der Waals surface area (Å²) in [6.45, 7) is 8.04. The normalized spacial score (nSPS) is 9.87. The molecule has 0 fully saturated rings. The Morgan fingerprint density at radius 3 is 1.13 bits per heavy atom. The van der Waals surface area contributed by atoms with E-state index < -0.39 is 12.2 Å². The first-order chi connectivity index (χ1) is 14.2. The predicted molar refractivity (Wildman–Crippen MR) is 126 cm³/mol. The van der Waals surface area contributed by atoms with Gasteiger partial charge < -0.3 is 20.1 Å². The molecule has 8 heteroatoms. The van der Waals surface area contributed by atoms with E-state index in [4.69, 9.17) is 9.47 Å². The summed E-state index contributed by atoms with van der Waals surface area (Å²) >= 11 is 3.40. The van der Waals surface area contributed by atoms with Gasteiger partial charge in [-0.3, -0.25) is 0 Å². The minimum atomic E-state index is -0.439. The second-order valence-electron chi connectivity index (χ2n) is 6.46. The first kappa shape index (κ1) is 25.7. The molecule has 6 nitrogen and oxygen atoms in total. The summed E-state index contributed by atoms with van der Waals surface area (Å²) in [4.78, 5) is 24.5. The lowest BCUT2D eigenvalue weighted by atomic mass is 10.1. The quantitative estimate of drug-likeness (QED) is 0.600. The van der Waals surface area contributed by atoms with Crippen molar-refractivity contribution in [2.24, 2.45) is 0 Å². The Bertz CT molecular complexity index is 781. The van der Waals surface area contributed by atoms with Gasteiger partial charge in [0.05, 0.1) is 0 Å². The average Bonchev–Trinajstić information content (AvgIpc) is 2.68. The van der Waals surface area contributed by atoms with Crippen LogP contribution in [0.15, 0.2) is 34.1 Å². The molecule has 2 N–H and O–H groups in total. The first-order valence-corrected chi connectivity index (χ1v) is 11.7. The van der Waals surface area contributed by atoms with E-state index in [2.05, 4.69) is 10.6 Å². The molecule has 0 aliphatic rings. The van der Waals surface area contributed by atoms with Gasteiger partial charge in [0.2, 0.25) is 0 Å². The van der Waals surface area contributed by atoms with Crippen LogP contribution >= 0.6 is 23.5 Å². The molecule has 0 saturated carbocycles. The van der Waals surface area contributed by atoms with Gasteiger partial charge in [0, 0.05) is 23.9 Å². The highest BCUT2D eigenvalue weighted by molar-refractivity contribution is 7.99. The van der Waals surface area contributed by atoms with Crippen molar-refractivity contribution >= 4 is 35.7 Å². The second-order valence-corrected chi connectivity index (χ2v) is 8.09. The van der Waals surface area contributed by atoms with Gasteiger partial charge in [0.15, 0.2) is 0 Å².